The lowest BCUT2D eigenvalue weighted by Crippen LogP contribution is -2.26. The van der Waals surface area contributed by atoms with Crippen molar-refractivity contribution in [3.63, 3.8) is 0 Å². The van der Waals surface area contributed by atoms with E-state index >= 15 is 0 Å². The van der Waals surface area contributed by atoms with Crippen LogP contribution in [0.25, 0.3) is 17.2 Å². The molecule has 0 fully saturated rings. The monoisotopic (exact) mass is 332 g/mol. The molecule has 0 unspecified atom stereocenters. The van der Waals surface area contributed by atoms with Gasteiger partial charge in [0.15, 0.2) is 5.58 Å². The summed E-state index contributed by atoms with van der Waals surface area (Å²) in [4.78, 5) is 21.4. The highest BCUT2D eigenvalue weighted by atomic mass is 19.3. The van der Waals surface area contributed by atoms with Gasteiger partial charge in [0.25, 0.3) is 0 Å². The third-order valence-electron chi connectivity index (χ3n) is 3.39. The van der Waals surface area contributed by atoms with Crippen LogP contribution >= 0.6 is 0 Å². The highest BCUT2D eigenvalue weighted by Gasteiger charge is 2.15. The third-order valence-corrected chi connectivity index (χ3v) is 3.39. The second-order valence-corrected chi connectivity index (χ2v) is 5.08. The van der Waals surface area contributed by atoms with Crippen molar-refractivity contribution in [3.05, 3.63) is 54.5 Å². The number of carbonyl (C=O) groups is 1. The maximum absolute atomic E-state index is 12.8. The zero-order valence-corrected chi connectivity index (χ0v) is 12.8. The number of amides is 1. The number of nitrogens with zero attached hydrogens (tertiary/aromatic N) is 4. The molecule has 1 amide bonds. The molecule has 0 saturated carbocycles. The van der Waals surface area contributed by atoms with Gasteiger partial charge in [0.05, 0.1) is 6.54 Å². The van der Waals surface area contributed by atoms with Gasteiger partial charge in [-0.1, -0.05) is 12.1 Å². The Balaban J connectivity index is 1.68. The molecule has 1 aromatic carbocycles. The molecule has 0 spiro atoms. The van der Waals surface area contributed by atoms with E-state index in [0.29, 0.717) is 21.6 Å². The van der Waals surface area contributed by atoms with Crippen molar-refractivity contribution in [2.45, 2.75) is 13.1 Å². The molecule has 24 heavy (non-hydrogen) atoms. The number of fused-ring (bicyclic) bond motifs is 1. The maximum Gasteiger partial charge on any atom is 0.319 e. The molecule has 0 N–H and O–H groups in total. The Morgan fingerprint density at radius 1 is 1.42 bits per heavy atom. The molecular weight excluding hydrogens is 318 g/mol. The van der Waals surface area contributed by atoms with Crippen molar-refractivity contribution < 1.29 is 18.0 Å². The van der Waals surface area contributed by atoms with Crippen LogP contribution in [0.2, 0.25) is 0 Å². The van der Waals surface area contributed by atoms with E-state index in [9.17, 15) is 13.6 Å². The van der Waals surface area contributed by atoms with Gasteiger partial charge in [-0.25, -0.2) is 9.97 Å². The summed E-state index contributed by atoms with van der Waals surface area (Å²) in [6, 6.07) is 7.24. The van der Waals surface area contributed by atoms with Gasteiger partial charge in [-0.05, 0) is 12.1 Å². The summed E-state index contributed by atoms with van der Waals surface area (Å²) in [5.41, 5.74) is 1.31. The Labute approximate surface area is 136 Å². The minimum absolute atomic E-state index is 0.0337. The standard InChI is InChI=1S/C16H14F2N4O2/c1-21(10-13-19-8-9-22(13)16(17)18)15(23)7-6-14-20-11-4-2-3-5-12(11)24-14/h2-9,16H,10H2,1H3/b7-6+. The van der Waals surface area contributed by atoms with Crippen LogP contribution < -0.4 is 0 Å². The smallest absolute Gasteiger partial charge is 0.319 e. The van der Waals surface area contributed by atoms with Crippen LogP contribution in [0, 0.1) is 0 Å². The Morgan fingerprint density at radius 3 is 2.96 bits per heavy atom. The Bertz CT molecular complexity index is 852. The van der Waals surface area contributed by atoms with Crippen molar-refractivity contribution >= 4 is 23.1 Å². The lowest BCUT2D eigenvalue weighted by Gasteiger charge is -2.15. The average Bonchev–Trinajstić information content (AvgIpc) is 3.18. The largest absolute Gasteiger partial charge is 0.437 e. The number of likely N-dealkylation sites (N-methyl/N-ethyl adjacent to an activating group) is 1. The molecule has 3 aromatic rings. The van der Waals surface area contributed by atoms with Gasteiger partial charge in [-0.2, -0.15) is 8.78 Å². The number of hydrogen-bond donors (Lipinski definition) is 0. The number of benzene rings is 1. The summed E-state index contributed by atoms with van der Waals surface area (Å²) in [7, 11) is 1.50. The summed E-state index contributed by atoms with van der Waals surface area (Å²) in [6.45, 7) is -2.73. The molecule has 124 valence electrons. The number of aromatic nitrogens is 3. The molecule has 0 radical (unpaired) electrons. The lowest BCUT2D eigenvalue weighted by atomic mass is 10.3. The van der Waals surface area contributed by atoms with Gasteiger partial charge in [0.2, 0.25) is 11.8 Å². The average molecular weight is 332 g/mol. The molecule has 2 heterocycles. The van der Waals surface area contributed by atoms with Crippen LogP contribution in [0.3, 0.4) is 0 Å². The molecule has 0 aliphatic carbocycles. The van der Waals surface area contributed by atoms with Crippen LogP contribution in [0.1, 0.15) is 18.3 Å². The summed E-state index contributed by atoms with van der Waals surface area (Å²) >= 11 is 0. The first kappa shape index (κ1) is 15.9. The van der Waals surface area contributed by atoms with Crippen LogP contribution in [0.5, 0.6) is 0 Å². The number of imidazole rings is 1. The Morgan fingerprint density at radius 2 is 2.21 bits per heavy atom. The van der Waals surface area contributed by atoms with Crippen molar-refractivity contribution in [2.24, 2.45) is 0 Å². The number of alkyl halides is 2. The SMILES string of the molecule is CN(Cc1nccn1C(F)F)C(=O)/C=C/c1nc2ccccc2o1. The zero-order chi connectivity index (χ0) is 17.1. The van der Waals surface area contributed by atoms with Gasteiger partial charge >= 0.3 is 6.55 Å². The molecular formula is C16H14F2N4O2. The fourth-order valence-electron chi connectivity index (χ4n) is 2.17. The van der Waals surface area contributed by atoms with Gasteiger partial charge in [-0.3, -0.25) is 9.36 Å². The van der Waals surface area contributed by atoms with Gasteiger partial charge in [0, 0.05) is 31.6 Å². The Hall–Kier alpha value is -3.03. The van der Waals surface area contributed by atoms with E-state index in [1.54, 1.807) is 12.1 Å². The lowest BCUT2D eigenvalue weighted by molar-refractivity contribution is -0.125. The van der Waals surface area contributed by atoms with E-state index < -0.39 is 6.55 Å². The number of carbonyl (C=O) groups excluding carboxylic acids is 1. The summed E-state index contributed by atoms with van der Waals surface area (Å²) < 4.78 is 31.7. The minimum atomic E-state index is -2.69. The molecule has 0 atom stereocenters. The Kier molecular flexibility index (Phi) is 4.37. The molecule has 8 heteroatoms. The first-order valence-corrected chi connectivity index (χ1v) is 7.13. The van der Waals surface area contributed by atoms with Crippen LogP contribution in [-0.2, 0) is 11.3 Å². The summed E-state index contributed by atoms with van der Waals surface area (Å²) in [5, 5.41) is 0. The molecule has 6 nitrogen and oxygen atoms in total. The maximum atomic E-state index is 12.8. The predicted octanol–water partition coefficient (Wildman–Crippen LogP) is 3.09. The number of rotatable bonds is 5. The fraction of sp³-hybridized carbons (Fsp3) is 0.188. The van der Waals surface area contributed by atoms with E-state index in [1.165, 1.54) is 36.5 Å². The van der Waals surface area contributed by atoms with Gasteiger partial charge in [-0.15, -0.1) is 0 Å². The molecule has 0 aliphatic rings. The molecule has 2 aromatic heterocycles. The first-order chi connectivity index (χ1) is 11.5. The second kappa shape index (κ2) is 6.61. The highest BCUT2D eigenvalue weighted by Crippen LogP contribution is 2.16. The quantitative estimate of drug-likeness (QED) is 0.674. The number of para-hydroxylation sites is 2. The molecule has 0 aliphatic heterocycles. The van der Waals surface area contributed by atoms with Gasteiger partial charge in [0.1, 0.15) is 11.3 Å². The number of halogens is 2. The molecule has 0 saturated heterocycles. The van der Waals surface area contributed by atoms with Crippen LogP contribution in [0.4, 0.5) is 8.78 Å². The molecule has 0 bridgehead atoms. The van der Waals surface area contributed by atoms with E-state index in [4.69, 9.17) is 4.42 Å². The van der Waals surface area contributed by atoms with E-state index in [1.807, 2.05) is 12.1 Å². The normalized spacial score (nSPS) is 11.7. The number of oxazole rings is 1. The van der Waals surface area contributed by atoms with Crippen molar-refractivity contribution in [1.29, 1.82) is 0 Å². The first-order valence-electron chi connectivity index (χ1n) is 7.13. The van der Waals surface area contributed by atoms with Crippen molar-refractivity contribution in [1.82, 2.24) is 19.4 Å². The zero-order valence-electron chi connectivity index (χ0n) is 12.8. The van der Waals surface area contributed by atoms with Crippen LogP contribution in [-0.4, -0.2) is 32.4 Å². The van der Waals surface area contributed by atoms with E-state index in [0.717, 1.165) is 0 Å². The van der Waals surface area contributed by atoms with E-state index in [-0.39, 0.29) is 18.3 Å². The van der Waals surface area contributed by atoms with Crippen molar-refractivity contribution in [3.8, 4) is 0 Å². The summed E-state index contributed by atoms with van der Waals surface area (Å²) in [5.74, 6) is 0.0317. The topological polar surface area (TPSA) is 64.2 Å². The predicted molar refractivity (Wildman–Crippen MR) is 83.0 cm³/mol. The number of hydrogen-bond acceptors (Lipinski definition) is 4. The molecule has 3 rings (SSSR count). The fourth-order valence-corrected chi connectivity index (χ4v) is 2.17. The minimum Gasteiger partial charge on any atom is -0.437 e. The van der Waals surface area contributed by atoms with Crippen LogP contribution in [0.15, 0.2) is 47.2 Å². The summed E-state index contributed by atoms with van der Waals surface area (Å²) in [6.07, 6.45) is 5.17. The third kappa shape index (κ3) is 3.32. The highest BCUT2D eigenvalue weighted by molar-refractivity contribution is 5.91. The second-order valence-electron chi connectivity index (χ2n) is 5.08. The van der Waals surface area contributed by atoms with Gasteiger partial charge < -0.3 is 9.32 Å². The van der Waals surface area contributed by atoms with E-state index in [2.05, 4.69) is 9.97 Å². The van der Waals surface area contributed by atoms with Crippen molar-refractivity contribution in [2.75, 3.05) is 7.05 Å².